The van der Waals surface area contributed by atoms with Gasteiger partial charge in [-0.15, -0.1) is 0 Å². The van der Waals surface area contributed by atoms with Gasteiger partial charge in [0.1, 0.15) is 11.8 Å². The van der Waals surface area contributed by atoms with Crippen LogP contribution in [-0.2, 0) is 4.79 Å². The monoisotopic (exact) mass is 126 g/mol. The van der Waals surface area contributed by atoms with Gasteiger partial charge in [-0.3, -0.25) is 4.79 Å². The minimum atomic E-state index is -0.905. The normalized spacial score (nSPS) is 11.6. The van der Waals surface area contributed by atoms with Crippen molar-refractivity contribution in [3.05, 3.63) is 11.3 Å². The molecular formula is C5H6N2O2. The SMILES string of the molecule is C/C(O)=C(\C#N)C(N)=O. The molecule has 0 aromatic rings. The smallest absolute Gasteiger partial charge is 0.262 e. The third-order valence-corrected chi connectivity index (χ3v) is 0.720. The molecule has 0 aromatic carbocycles. The third kappa shape index (κ3) is 1.82. The summed E-state index contributed by atoms with van der Waals surface area (Å²) in [5.41, 5.74) is 4.28. The predicted octanol–water partition coefficient (Wildman–Crippen LogP) is -0.173. The van der Waals surface area contributed by atoms with Crippen molar-refractivity contribution in [2.24, 2.45) is 5.73 Å². The Morgan fingerprint density at radius 1 is 1.78 bits per heavy atom. The largest absolute Gasteiger partial charge is 0.511 e. The highest BCUT2D eigenvalue weighted by Crippen LogP contribution is 1.95. The van der Waals surface area contributed by atoms with Gasteiger partial charge in [-0.2, -0.15) is 5.26 Å². The predicted molar refractivity (Wildman–Crippen MR) is 30.1 cm³/mol. The molecule has 1 amide bonds. The van der Waals surface area contributed by atoms with Crippen molar-refractivity contribution < 1.29 is 9.90 Å². The van der Waals surface area contributed by atoms with Crippen molar-refractivity contribution in [3.63, 3.8) is 0 Å². The number of allylic oxidation sites excluding steroid dienone is 1. The Hall–Kier alpha value is -1.50. The number of aliphatic hydroxyl groups excluding tert-OH is 1. The average molecular weight is 126 g/mol. The number of aliphatic hydroxyl groups is 1. The lowest BCUT2D eigenvalue weighted by atomic mass is 10.2. The van der Waals surface area contributed by atoms with E-state index < -0.39 is 11.5 Å². The van der Waals surface area contributed by atoms with Crippen molar-refractivity contribution in [1.29, 1.82) is 5.26 Å². The van der Waals surface area contributed by atoms with E-state index in [2.05, 4.69) is 5.73 Å². The van der Waals surface area contributed by atoms with Crippen LogP contribution in [0.15, 0.2) is 11.3 Å². The molecule has 0 saturated heterocycles. The number of nitriles is 1. The summed E-state index contributed by atoms with van der Waals surface area (Å²) in [7, 11) is 0. The highest BCUT2D eigenvalue weighted by Gasteiger charge is 2.05. The molecule has 0 bridgehead atoms. The van der Waals surface area contributed by atoms with Crippen LogP contribution in [0.1, 0.15) is 6.92 Å². The van der Waals surface area contributed by atoms with Crippen molar-refractivity contribution in [3.8, 4) is 6.07 Å². The highest BCUT2D eigenvalue weighted by atomic mass is 16.3. The molecule has 0 fully saturated rings. The minimum absolute atomic E-state index is 0.343. The lowest BCUT2D eigenvalue weighted by Gasteiger charge is -1.89. The fraction of sp³-hybridized carbons (Fsp3) is 0.200. The average Bonchev–Trinajstić information content (AvgIpc) is 1.64. The van der Waals surface area contributed by atoms with E-state index in [0.717, 1.165) is 0 Å². The molecule has 0 aliphatic carbocycles. The van der Waals surface area contributed by atoms with Gasteiger partial charge in [0.2, 0.25) is 0 Å². The van der Waals surface area contributed by atoms with Gasteiger partial charge in [-0.1, -0.05) is 0 Å². The number of hydrogen-bond donors (Lipinski definition) is 2. The zero-order valence-corrected chi connectivity index (χ0v) is 4.88. The second-order valence-electron chi connectivity index (χ2n) is 1.44. The molecule has 0 saturated carbocycles. The summed E-state index contributed by atoms with van der Waals surface area (Å²) in [4.78, 5) is 10.2. The Labute approximate surface area is 52.2 Å². The minimum Gasteiger partial charge on any atom is -0.511 e. The van der Waals surface area contributed by atoms with E-state index in [4.69, 9.17) is 10.4 Å². The van der Waals surface area contributed by atoms with Crippen molar-refractivity contribution in [1.82, 2.24) is 0 Å². The third-order valence-electron chi connectivity index (χ3n) is 0.720. The van der Waals surface area contributed by atoms with Gasteiger partial charge in [0.25, 0.3) is 5.91 Å². The number of hydrogen-bond acceptors (Lipinski definition) is 3. The second kappa shape index (κ2) is 2.72. The van der Waals surface area contributed by atoms with Crippen LogP contribution in [0.4, 0.5) is 0 Å². The van der Waals surface area contributed by atoms with Crippen LogP contribution in [0, 0.1) is 11.3 Å². The summed E-state index contributed by atoms with van der Waals surface area (Å²) in [6.07, 6.45) is 0. The van der Waals surface area contributed by atoms with E-state index in [1.54, 1.807) is 0 Å². The summed E-state index contributed by atoms with van der Waals surface area (Å²) in [5, 5.41) is 16.6. The molecule has 0 unspecified atom stereocenters. The quantitative estimate of drug-likeness (QED) is 0.290. The molecule has 0 aliphatic rings. The molecule has 0 aliphatic heterocycles. The molecule has 0 aromatic heterocycles. The number of primary amides is 1. The number of amides is 1. The molecule has 9 heavy (non-hydrogen) atoms. The van der Waals surface area contributed by atoms with E-state index in [1.807, 2.05) is 0 Å². The molecular weight excluding hydrogens is 120 g/mol. The van der Waals surface area contributed by atoms with E-state index in [1.165, 1.54) is 13.0 Å². The van der Waals surface area contributed by atoms with Gasteiger partial charge in [0, 0.05) is 0 Å². The first-order chi connectivity index (χ1) is 4.09. The Balaban J connectivity index is 4.62. The maximum atomic E-state index is 10.2. The van der Waals surface area contributed by atoms with Gasteiger partial charge in [0.15, 0.2) is 5.57 Å². The van der Waals surface area contributed by atoms with Crippen LogP contribution < -0.4 is 5.73 Å². The highest BCUT2D eigenvalue weighted by molar-refractivity contribution is 5.96. The zero-order valence-electron chi connectivity index (χ0n) is 4.88. The van der Waals surface area contributed by atoms with E-state index >= 15 is 0 Å². The first-order valence-corrected chi connectivity index (χ1v) is 2.19. The van der Waals surface area contributed by atoms with Crippen LogP contribution in [0.5, 0.6) is 0 Å². The zero-order chi connectivity index (χ0) is 7.44. The van der Waals surface area contributed by atoms with Gasteiger partial charge in [-0.05, 0) is 6.92 Å². The van der Waals surface area contributed by atoms with Gasteiger partial charge >= 0.3 is 0 Å². The van der Waals surface area contributed by atoms with E-state index in [9.17, 15) is 4.79 Å². The lowest BCUT2D eigenvalue weighted by molar-refractivity contribution is -0.114. The number of rotatable bonds is 1. The summed E-state index contributed by atoms with van der Waals surface area (Å²) < 4.78 is 0. The Kier molecular flexibility index (Phi) is 2.27. The van der Waals surface area contributed by atoms with Gasteiger partial charge in [0.05, 0.1) is 0 Å². The number of nitrogens with zero attached hydrogens (tertiary/aromatic N) is 1. The number of nitrogens with two attached hydrogens (primary N) is 1. The van der Waals surface area contributed by atoms with Crippen molar-refractivity contribution in [2.75, 3.05) is 0 Å². The van der Waals surface area contributed by atoms with E-state index in [0.29, 0.717) is 0 Å². The summed E-state index contributed by atoms with van der Waals surface area (Å²) >= 11 is 0. The Morgan fingerprint density at radius 2 is 2.22 bits per heavy atom. The summed E-state index contributed by atoms with van der Waals surface area (Å²) in [6, 6.07) is 1.46. The fourth-order valence-electron chi connectivity index (χ4n) is 0.314. The van der Waals surface area contributed by atoms with Crippen LogP contribution in [-0.4, -0.2) is 11.0 Å². The molecule has 4 nitrogen and oxygen atoms in total. The van der Waals surface area contributed by atoms with E-state index in [-0.39, 0.29) is 5.76 Å². The maximum absolute atomic E-state index is 10.2. The summed E-state index contributed by atoms with van der Waals surface area (Å²) in [5.74, 6) is -1.25. The molecule has 0 atom stereocenters. The molecule has 48 valence electrons. The van der Waals surface area contributed by atoms with Gasteiger partial charge in [-0.25, -0.2) is 0 Å². The van der Waals surface area contributed by atoms with Crippen LogP contribution >= 0.6 is 0 Å². The fourth-order valence-corrected chi connectivity index (χ4v) is 0.314. The second-order valence-corrected chi connectivity index (χ2v) is 1.44. The topological polar surface area (TPSA) is 87.1 Å². The van der Waals surface area contributed by atoms with Crippen LogP contribution in [0.2, 0.25) is 0 Å². The lowest BCUT2D eigenvalue weighted by Crippen LogP contribution is -2.14. The molecule has 0 spiro atoms. The Bertz CT molecular complexity index is 195. The van der Waals surface area contributed by atoms with Crippen molar-refractivity contribution in [2.45, 2.75) is 6.92 Å². The number of carbonyl (C=O) groups is 1. The van der Waals surface area contributed by atoms with Crippen LogP contribution in [0.3, 0.4) is 0 Å². The number of carbonyl (C=O) groups excluding carboxylic acids is 1. The molecule has 4 heteroatoms. The van der Waals surface area contributed by atoms with Crippen LogP contribution in [0.25, 0.3) is 0 Å². The first kappa shape index (κ1) is 7.50. The molecule has 3 N–H and O–H groups in total. The Morgan fingerprint density at radius 3 is 2.22 bits per heavy atom. The standard InChI is InChI=1S/C5H6N2O2/c1-3(8)4(2-6)5(7)9/h8H,1H3,(H2,7,9)/b4-3-. The maximum Gasteiger partial charge on any atom is 0.262 e. The molecule has 0 heterocycles. The summed E-state index contributed by atoms with van der Waals surface area (Å²) in [6.45, 7) is 1.23. The van der Waals surface area contributed by atoms with Crippen molar-refractivity contribution >= 4 is 5.91 Å². The first-order valence-electron chi connectivity index (χ1n) is 2.19. The van der Waals surface area contributed by atoms with Gasteiger partial charge < -0.3 is 10.8 Å². The molecule has 0 rings (SSSR count). The molecule has 0 radical (unpaired) electrons.